The summed E-state index contributed by atoms with van der Waals surface area (Å²) in [5.74, 6) is -0.662. The molecule has 1 N–H and O–H groups in total. The number of hydrogen-bond donors (Lipinski definition) is 1. The molecule has 1 aromatic carbocycles. The van der Waals surface area contributed by atoms with E-state index in [2.05, 4.69) is 10.1 Å². The summed E-state index contributed by atoms with van der Waals surface area (Å²) in [7, 11) is 0. The van der Waals surface area contributed by atoms with Gasteiger partial charge in [-0.25, -0.2) is 0 Å². The molecular weight excluding hydrogens is 256 g/mol. The average molecular weight is 270 g/mol. The highest BCUT2D eigenvalue weighted by Crippen LogP contribution is 2.34. The molecule has 1 heterocycles. The Morgan fingerprint density at radius 3 is 2.70 bits per heavy atom. The van der Waals surface area contributed by atoms with E-state index in [4.69, 9.17) is 4.52 Å². The number of rotatable bonds is 3. The van der Waals surface area contributed by atoms with Crippen LogP contribution in [0.2, 0.25) is 0 Å². The first kappa shape index (κ1) is 12.6. The molecule has 0 radical (unpaired) electrons. The number of hydrogen-bond acceptors (Lipinski definition) is 4. The maximum Gasteiger partial charge on any atom is 0.307 e. The van der Waals surface area contributed by atoms with Gasteiger partial charge >= 0.3 is 5.97 Å². The van der Waals surface area contributed by atoms with Crippen molar-refractivity contribution < 1.29 is 14.4 Å². The van der Waals surface area contributed by atoms with E-state index in [1.165, 1.54) is 0 Å². The Balaban J connectivity index is 1.90. The highest BCUT2D eigenvalue weighted by Gasteiger charge is 2.33. The lowest BCUT2D eigenvalue weighted by atomic mass is 9.83. The summed E-state index contributed by atoms with van der Waals surface area (Å²) in [5, 5.41) is 13.2. The molecule has 0 amide bonds. The smallest absolute Gasteiger partial charge is 0.307 e. The predicted molar refractivity (Wildman–Crippen MR) is 72.0 cm³/mol. The second kappa shape index (κ2) is 5.28. The van der Waals surface area contributed by atoms with Crippen LogP contribution < -0.4 is 0 Å². The molecular formula is C15H14N2O3. The van der Waals surface area contributed by atoms with Crippen LogP contribution in [0.4, 0.5) is 0 Å². The number of benzene rings is 1. The monoisotopic (exact) mass is 270 g/mol. The molecule has 0 spiro atoms. The van der Waals surface area contributed by atoms with Gasteiger partial charge in [0, 0.05) is 5.56 Å². The van der Waals surface area contributed by atoms with Gasteiger partial charge in [-0.1, -0.05) is 47.6 Å². The van der Waals surface area contributed by atoms with Crippen LogP contribution in [-0.4, -0.2) is 21.2 Å². The maximum absolute atomic E-state index is 11.3. The Hall–Kier alpha value is -2.43. The van der Waals surface area contributed by atoms with E-state index in [1.54, 1.807) is 0 Å². The van der Waals surface area contributed by atoms with E-state index in [1.807, 2.05) is 42.5 Å². The Labute approximate surface area is 115 Å². The van der Waals surface area contributed by atoms with Gasteiger partial charge in [0.2, 0.25) is 11.7 Å². The Kier molecular flexibility index (Phi) is 3.33. The van der Waals surface area contributed by atoms with Crippen LogP contribution in [0.3, 0.4) is 0 Å². The minimum Gasteiger partial charge on any atom is -0.481 e. The second-order valence-corrected chi connectivity index (χ2v) is 4.82. The molecule has 1 aliphatic carbocycles. The zero-order valence-corrected chi connectivity index (χ0v) is 10.8. The summed E-state index contributed by atoms with van der Waals surface area (Å²) in [6.45, 7) is 0. The second-order valence-electron chi connectivity index (χ2n) is 4.82. The van der Waals surface area contributed by atoms with Crippen LogP contribution in [0.5, 0.6) is 0 Å². The van der Waals surface area contributed by atoms with Gasteiger partial charge in [0.25, 0.3) is 0 Å². The Morgan fingerprint density at radius 1 is 1.20 bits per heavy atom. The number of aromatic nitrogens is 2. The van der Waals surface area contributed by atoms with Gasteiger partial charge in [0.15, 0.2) is 0 Å². The van der Waals surface area contributed by atoms with Gasteiger partial charge < -0.3 is 9.63 Å². The van der Waals surface area contributed by atoms with Crippen LogP contribution in [-0.2, 0) is 4.79 Å². The zero-order valence-electron chi connectivity index (χ0n) is 10.8. The molecule has 0 unspecified atom stereocenters. The van der Waals surface area contributed by atoms with Gasteiger partial charge in [0.05, 0.1) is 11.8 Å². The normalized spacial score (nSPS) is 21.8. The lowest BCUT2D eigenvalue weighted by molar-refractivity contribution is -0.142. The quantitative estimate of drug-likeness (QED) is 0.868. The van der Waals surface area contributed by atoms with Gasteiger partial charge in [-0.15, -0.1) is 0 Å². The molecule has 102 valence electrons. The van der Waals surface area contributed by atoms with E-state index >= 15 is 0 Å². The summed E-state index contributed by atoms with van der Waals surface area (Å²) in [4.78, 5) is 15.7. The summed E-state index contributed by atoms with van der Waals surface area (Å²) < 4.78 is 5.28. The Morgan fingerprint density at radius 2 is 1.95 bits per heavy atom. The standard InChI is InChI=1S/C15H14N2O3/c18-15(19)12-9-5-4-8-11(12)14-16-13(17-20-14)10-6-2-1-3-7-10/h1-7,11-12H,8-9H2,(H,18,19)/t11-,12+/m1/s1. The van der Waals surface area contributed by atoms with Crippen molar-refractivity contribution >= 4 is 5.97 Å². The molecule has 0 saturated heterocycles. The van der Waals surface area contributed by atoms with Gasteiger partial charge in [-0.05, 0) is 12.8 Å². The average Bonchev–Trinajstić information content (AvgIpc) is 2.98. The number of carboxylic acids is 1. The van der Waals surface area contributed by atoms with E-state index in [0.717, 1.165) is 5.56 Å². The third-order valence-electron chi connectivity index (χ3n) is 3.54. The molecule has 0 fully saturated rings. The van der Waals surface area contributed by atoms with Crippen molar-refractivity contribution in [2.45, 2.75) is 18.8 Å². The predicted octanol–water partition coefficient (Wildman–Crippen LogP) is 2.87. The largest absolute Gasteiger partial charge is 0.481 e. The molecule has 5 heteroatoms. The topological polar surface area (TPSA) is 76.2 Å². The molecule has 20 heavy (non-hydrogen) atoms. The Bertz CT molecular complexity index is 634. The van der Waals surface area contributed by atoms with Gasteiger partial charge in [-0.3, -0.25) is 4.79 Å². The molecule has 3 rings (SSSR count). The van der Waals surface area contributed by atoms with Gasteiger partial charge in [0.1, 0.15) is 0 Å². The summed E-state index contributed by atoms with van der Waals surface area (Å²) >= 11 is 0. The highest BCUT2D eigenvalue weighted by atomic mass is 16.5. The van der Waals surface area contributed by atoms with Crippen LogP contribution in [0, 0.1) is 5.92 Å². The third-order valence-corrected chi connectivity index (χ3v) is 3.54. The summed E-state index contributed by atoms with van der Waals surface area (Å²) in [6.07, 6.45) is 4.98. The van der Waals surface area contributed by atoms with E-state index in [-0.39, 0.29) is 5.92 Å². The van der Waals surface area contributed by atoms with E-state index in [9.17, 15) is 9.90 Å². The molecule has 0 bridgehead atoms. The minimum atomic E-state index is -0.821. The van der Waals surface area contributed by atoms with Crippen molar-refractivity contribution in [2.24, 2.45) is 5.92 Å². The molecule has 0 aliphatic heterocycles. The van der Waals surface area contributed by atoms with E-state index in [0.29, 0.717) is 24.6 Å². The summed E-state index contributed by atoms with van der Waals surface area (Å²) in [5.41, 5.74) is 0.862. The van der Waals surface area contributed by atoms with Crippen LogP contribution >= 0.6 is 0 Å². The molecule has 0 saturated carbocycles. The van der Waals surface area contributed by atoms with Crippen LogP contribution in [0.25, 0.3) is 11.4 Å². The molecule has 2 atom stereocenters. The molecule has 5 nitrogen and oxygen atoms in total. The van der Waals surface area contributed by atoms with Crippen molar-refractivity contribution in [3.05, 3.63) is 48.4 Å². The molecule has 1 aromatic heterocycles. The number of carboxylic acid groups (broad SMARTS) is 1. The van der Waals surface area contributed by atoms with Crippen molar-refractivity contribution in [1.29, 1.82) is 0 Å². The molecule has 1 aliphatic rings. The fourth-order valence-corrected chi connectivity index (χ4v) is 2.45. The van der Waals surface area contributed by atoms with Crippen LogP contribution in [0.15, 0.2) is 47.0 Å². The lowest BCUT2D eigenvalue weighted by Crippen LogP contribution is -2.23. The van der Waals surface area contributed by atoms with Gasteiger partial charge in [-0.2, -0.15) is 4.98 Å². The molecule has 2 aromatic rings. The van der Waals surface area contributed by atoms with Crippen molar-refractivity contribution in [2.75, 3.05) is 0 Å². The van der Waals surface area contributed by atoms with Crippen molar-refractivity contribution in [1.82, 2.24) is 10.1 Å². The van der Waals surface area contributed by atoms with Crippen molar-refractivity contribution in [3.8, 4) is 11.4 Å². The summed E-state index contributed by atoms with van der Waals surface area (Å²) in [6, 6.07) is 9.49. The van der Waals surface area contributed by atoms with Crippen LogP contribution in [0.1, 0.15) is 24.7 Å². The number of carbonyl (C=O) groups is 1. The van der Waals surface area contributed by atoms with E-state index < -0.39 is 11.9 Å². The number of nitrogens with zero attached hydrogens (tertiary/aromatic N) is 2. The third kappa shape index (κ3) is 2.34. The fourth-order valence-electron chi connectivity index (χ4n) is 2.45. The van der Waals surface area contributed by atoms with Crippen molar-refractivity contribution in [3.63, 3.8) is 0 Å². The highest BCUT2D eigenvalue weighted by molar-refractivity contribution is 5.71. The fraction of sp³-hybridized carbons (Fsp3) is 0.267. The maximum atomic E-state index is 11.3. The first-order valence-electron chi connectivity index (χ1n) is 6.52. The zero-order chi connectivity index (χ0) is 13.9. The lowest BCUT2D eigenvalue weighted by Gasteiger charge is -2.21. The number of allylic oxidation sites excluding steroid dienone is 2. The SMILES string of the molecule is O=C(O)[C@H]1CC=CC[C@H]1c1nc(-c2ccccc2)no1. The first-order valence-corrected chi connectivity index (χ1v) is 6.52. The minimum absolute atomic E-state index is 0.248. The first-order chi connectivity index (χ1) is 9.75. The number of aliphatic carboxylic acids is 1.